The predicted molar refractivity (Wildman–Crippen MR) is 62.6 cm³/mol. The number of benzene rings is 1. The van der Waals surface area contributed by atoms with Gasteiger partial charge in [0.25, 0.3) is 0 Å². The standard InChI is InChI=1S/C12H13ClF4O2/c13-10-3-1-2-8(11(10)14)6-9(18)4-5-19-7-12(15,16)17/h1-3,9,18H,4-7H2. The van der Waals surface area contributed by atoms with E-state index in [1.54, 1.807) is 0 Å². The molecule has 1 aromatic rings. The summed E-state index contributed by atoms with van der Waals surface area (Å²) in [6.45, 7) is -1.60. The van der Waals surface area contributed by atoms with Gasteiger partial charge < -0.3 is 9.84 Å². The maximum absolute atomic E-state index is 13.5. The molecule has 1 atom stereocenters. The topological polar surface area (TPSA) is 29.5 Å². The summed E-state index contributed by atoms with van der Waals surface area (Å²) >= 11 is 5.57. The van der Waals surface area contributed by atoms with Crippen LogP contribution in [-0.2, 0) is 11.2 Å². The van der Waals surface area contributed by atoms with Crippen LogP contribution in [0.2, 0.25) is 5.02 Å². The van der Waals surface area contributed by atoms with Gasteiger partial charge in [0.05, 0.1) is 11.1 Å². The summed E-state index contributed by atoms with van der Waals surface area (Å²) in [5, 5.41) is 9.52. The van der Waals surface area contributed by atoms with Gasteiger partial charge in [-0.2, -0.15) is 13.2 Å². The van der Waals surface area contributed by atoms with E-state index in [0.29, 0.717) is 0 Å². The largest absolute Gasteiger partial charge is 0.411 e. The first-order valence-corrected chi connectivity index (χ1v) is 5.93. The van der Waals surface area contributed by atoms with E-state index in [0.717, 1.165) is 0 Å². The molecule has 1 aromatic carbocycles. The van der Waals surface area contributed by atoms with Crippen molar-refractivity contribution in [2.45, 2.75) is 25.1 Å². The number of aliphatic hydroxyl groups excluding tert-OH is 1. The molecule has 0 saturated heterocycles. The van der Waals surface area contributed by atoms with E-state index < -0.39 is 24.7 Å². The molecule has 2 nitrogen and oxygen atoms in total. The summed E-state index contributed by atoms with van der Waals surface area (Å²) in [4.78, 5) is 0. The van der Waals surface area contributed by atoms with Gasteiger partial charge in [-0.3, -0.25) is 0 Å². The minimum absolute atomic E-state index is 0.0119. The summed E-state index contributed by atoms with van der Waals surface area (Å²) in [7, 11) is 0. The van der Waals surface area contributed by atoms with Crippen LogP contribution in [0.15, 0.2) is 18.2 Å². The van der Waals surface area contributed by atoms with Crippen LogP contribution in [0.5, 0.6) is 0 Å². The molecule has 1 unspecified atom stereocenters. The Labute approximate surface area is 112 Å². The number of hydrogen-bond donors (Lipinski definition) is 1. The lowest BCUT2D eigenvalue weighted by molar-refractivity contribution is -0.175. The van der Waals surface area contributed by atoms with Gasteiger partial charge in [-0.15, -0.1) is 0 Å². The van der Waals surface area contributed by atoms with Crippen LogP contribution in [0.3, 0.4) is 0 Å². The van der Waals surface area contributed by atoms with Gasteiger partial charge in [0, 0.05) is 13.0 Å². The first-order chi connectivity index (χ1) is 8.79. The molecule has 19 heavy (non-hydrogen) atoms. The highest BCUT2D eigenvalue weighted by Crippen LogP contribution is 2.20. The first kappa shape index (κ1) is 16.2. The van der Waals surface area contributed by atoms with E-state index in [-0.39, 0.29) is 30.0 Å². The zero-order valence-corrected chi connectivity index (χ0v) is 10.6. The van der Waals surface area contributed by atoms with Crippen molar-refractivity contribution < 1.29 is 27.4 Å². The summed E-state index contributed by atoms with van der Waals surface area (Å²) in [5.41, 5.74) is 0.218. The third kappa shape index (κ3) is 6.22. The third-order valence-electron chi connectivity index (χ3n) is 2.35. The molecule has 0 bridgehead atoms. The second-order valence-corrected chi connectivity index (χ2v) is 4.43. The number of rotatable bonds is 6. The molecule has 1 rings (SSSR count). The highest BCUT2D eigenvalue weighted by atomic mass is 35.5. The lowest BCUT2D eigenvalue weighted by Crippen LogP contribution is -2.20. The maximum atomic E-state index is 13.5. The summed E-state index contributed by atoms with van der Waals surface area (Å²) in [6.07, 6.45) is -5.41. The number of ether oxygens (including phenoxy) is 1. The second kappa shape index (κ2) is 7.07. The van der Waals surface area contributed by atoms with Crippen molar-refractivity contribution in [2.24, 2.45) is 0 Å². The molecule has 0 aromatic heterocycles. The monoisotopic (exact) mass is 300 g/mol. The van der Waals surface area contributed by atoms with Crippen molar-refractivity contribution >= 4 is 11.6 Å². The van der Waals surface area contributed by atoms with E-state index in [2.05, 4.69) is 4.74 Å². The van der Waals surface area contributed by atoms with Crippen LogP contribution in [0, 0.1) is 5.82 Å². The van der Waals surface area contributed by atoms with E-state index >= 15 is 0 Å². The van der Waals surface area contributed by atoms with Crippen LogP contribution < -0.4 is 0 Å². The Kier molecular flexibility index (Phi) is 6.03. The minimum Gasteiger partial charge on any atom is -0.393 e. The number of halogens is 5. The average molecular weight is 301 g/mol. The molecule has 0 aliphatic rings. The Bertz CT molecular complexity index is 409. The van der Waals surface area contributed by atoms with Crippen molar-refractivity contribution in [3.8, 4) is 0 Å². The molecule has 0 amide bonds. The van der Waals surface area contributed by atoms with E-state index in [1.165, 1.54) is 18.2 Å². The smallest absolute Gasteiger partial charge is 0.393 e. The van der Waals surface area contributed by atoms with Gasteiger partial charge in [0.15, 0.2) is 0 Å². The Morgan fingerprint density at radius 2 is 2.00 bits per heavy atom. The van der Waals surface area contributed by atoms with Crippen LogP contribution in [-0.4, -0.2) is 30.6 Å². The number of alkyl halides is 3. The Balaban J connectivity index is 2.35. The van der Waals surface area contributed by atoms with Gasteiger partial charge in [-0.05, 0) is 18.1 Å². The van der Waals surface area contributed by atoms with E-state index in [1.807, 2.05) is 0 Å². The molecule has 0 saturated carbocycles. The molecule has 1 N–H and O–H groups in total. The Hall–Kier alpha value is -0.850. The summed E-state index contributed by atoms with van der Waals surface area (Å²) in [5.74, 6) is -0.626. The van der Waals surface area contributed by atoms with Crippen LogP contribution in [0.1, 0.15) is 12.0 Å². The Morgan fingerprint density at radius 3 is 2.63 bits per heavy atom. The summed E-state index contributed by atoms with van der Waals surface area (Å²) in [6, 6.07) is 4.37. The molecule has 0 aliphatic heterocycles. The molecule has 0 spiro atoms. The minimum atomic E-state index is -4.38. The van der Waals surface area contributed by atoms with Gasteiger partial charge in [-0.25, -0.2) is 4.39 Å². The maximum Gasteiger partial charge on any atom is 0.411 e. The fraction of sp³-hybridized carbons (Fsp3) is 0.500. The lowest BCUT2D eigenvalue weighted by Gasteiger charge is -2.12. The fourth-order valence-corrected chi connectivity index (χ4v) is 1.66. The van der Waals surface area contributed by atoms with Crippen LogP contribution in [0.4, 0.5) is 17.6 Å². The molecular weight excluding hydrogens is 288 g/mol. The predicted octanol–water partition coefficient (Wildman–Crippen LogP) is 3.35. The lowest BCUT2D eigenvalue weighted by atomic mass is 10.1. The van der Waals surface area contributed by atoms with Gasteiger partial charge in [0.2, 0.25) is 0 Å². The van der Waals surface area contributed by atoms with Crippen molar-refractivity contribution in [1.29, 1.82) is 0 Å². The molecule has 0 radical (unpaired) electrons. The number of aliphatic hydroxyl groups is 1. The molecule has 0 heterocycles. The van der Waals surface area contributed by atoms with Gasteiger partial charge >= 0.3 is 6.18 Å². The average Bonchev–Trinajstić information content (AvgIpc) is 2.29. The SMILES string of the molecule is OC(CCOCC(F)(F)F)Cc1cccc(Cl)c1F. The normalized spacial score (nSPS) is 13.6. The second-order valence-electron chi connectivity index (χ2n) is 4.03. The van der Waals surface area contributed by atoms with Crippen molar-refractivity contribution in [3.05, 3.63) is 34.6 Å². The van der Waals surface area contributed by atoms with Crippen molar-refractivity contribution in [2.75, 3.05) is 13.2 Å². The van der Waals surface area contributed by atoms with E-state index in [4.69, 9.17) is 11.6 Å². The highest BCUT2D eigenvalue weighted by Gasteiger charge is 2.27. The Morgan fingerprint density at radius 1 is 1.32 bits per heavy atom. The van der Waals surface area contributed by atoms with Gasteiger partial charge in [0.1, 0.15) is 12.4 Å². The van der Waals surface area contributed by atoms with Crippen molar-refractivity contribution in [3.63, 3.8) is 0 Å². The molecule has 0 fully saturated rings. The quantitative estimate of drug-likeness (QED) is 0.645. The van der Waals surface area contributed by atoms with Crippen molar-refractivity contribution in [1.82, 2.24) is 0 Å². The van der Waals surface area contributed by atoms with E-state index in [9.17, 15) is 22.7 Å². The first-order valence-electron chi connectivity index (χ1n) is 5.55. The molecular formula is C12H13ClF4O2. The van der Waals surface area contributed by atoms with Gasteiger partial charge in [-0.1, -0.05) is 23.7 Å². The molecule has 108 valence electrons. The zero-order chi connectivity index (χ0) is 14.5. The molecule has 7 heteroatoms. The highest BCUT2D eigenvalue weighted by molar-refractivity contribution is 6.30. The van der Waals surface area contributed by atoms with Crippen LogP contribution >= 0.6 is 11.6 Å². The number of hydrogen-bond acceptors (Lipinski definition) is 2. The zero-order valence-electron chi connectivity index (χ0n) is 9.88. The third-order valence-corrected chi connectivity index (χ3v) is 2.64. The fourth-order valence-electron chi connectivity index (χ4n) is 1.47. The summed E-state index contributed by atoms with van der Waals surface area (Å²) < 4.78 is 53.2. The van der Waals surface area contributed by atoms with Crippen LogP contribution in [0.25, 0.3) is 0 Å². The molecule has 0 aliphatic carbocycles.